The van der Waals surface area contributed by atoms with Crippen molar-refractivity contribution in [1.82, 2.24) is 0 Å². The maximum Gasteiger partial charge on any atom is 0.367 e. The molecule has 0 amide bonds. The Labute approximate surface area is 193 Å². The normalized spacial score (nSPS) is 38.0. The number of carbonyl (C=O) groups excluding carboxylic acids is 2. The topological polar surface area (TPSA) is 181 Å². The van der Waals surface area contributed by atoms with E-state index in [-0.39, 0.29) is 18.8 Å². The van der Waals surface area contributed by atoms with Gasteiger partial charge in [0.15, 0.2) is 6.29 Å². The van der Waals surface area contributed by atoms with Gasteiger partial charge in [-0.2, -0.15) is 0 Å². The summed E-state index contributed by atoms with van der Waals surface area (Å²) in [5.41, 5.74) is 0.449. The molecule has 2 aliphatic heterocycles. The van der Waals surface area contributed by atoms with Gasteiger partial charge in [0.2, 0.25) is 6.29 Å². The van der Waals surface area contributed by atoms with Crippen LogP contribution in [0.3, 0.4) is 0 Å². The van der Waals surface area contributed by atoms with Gasteiger partial charge in [-0.3, -0.25) is 0 Å². The number of hydrogen-bond acceptors (Lipinski definition) is 13. The number of hydrogen-bond donors (Lipinski definition) is 5. The van der Waals surface area contributed by atoms with Crippen molar-refractivity contribution in [3.8, 4) is 0 Å². The lowest BCUT2D eigenvalue weighted by Gasteiger charge is -2.43. The molecular weight excluding hydrogens is 464 g/mol. The highest BCUT2D eigenvalue weighted by Gasteiger charge is 2.52. The van der Waals surface area contributed by atoms with Gasteiger partial charge in [-0.05, 0) is 30.5 Å². The predicted molar refractivity (Wildman–Crippen MR) is 110 cm³/mol. The average molecular weight is 492 g/mol. The van der Waals surface area contributed by atoms with E-state index in [1.54, 1.807) is 13.2 Å². The van der Waals surface area contributed by atoms with Crippen molar-refractivity contribution in [2.75, 3.05) is 26.1 Å². The minimum atomic E-state index is -1.69. The molecule has 33 heavy (non-hydrogen) atoms. The van der Waals surface area contributed by atoms with Crippen molar-refractivity contribution in [2.24, 2.45) is 11.8 Å². The first-order valence-corrected chi connectivity index (χ1v) is 11.5. The largest absolute Gasteiger partial charge is 0.471 e. The standard InChI is InChI=1S/C20H28O12S/c1-3-28-17(26)9-7-29-18(32-19-16(25)15(24)14(23)11(5-21)31-19)12-8(4-10(22)13(9)12)6-30-20(27)33-2/h4,7,10-16,18-19,21-25H,3,5-6H2,1-2H3/t10-,11+,12+,13-,14+,15-,16+,18-,19-/m0/s1. The van der Waals surface area contributed by atoms with E-state index in [1.165, 1.54) is 6.08 Å². The molecule has 3 rings (SSSR count). The fraction of sp³-hybridized carbons (Fsp3) is 0.700. The Morgan fingerprint density at radius 3 is 2.42 bits per heavy atom. The number of aliphatic hydroxyl groups excluding tert-OH is 5. The number of aliphatic hydroxyl groups is 5. The molecule has 186 valence electrons. The van der Waals surface area contributed by atoms with E-state index in [9.17, 15) is 35.1 Å². The fourth-order valence-electron chi connectivity index (χ4n) is 4.08. The van der Waals surface area contributed by atoms with Crippen LogP contribution in [0.1, 0.15) is 6.92 Å². The van der Waals surface area contributed by atoms with Crippen molar-refractivity contribution in [2.45, 2.75) is 50.0 Å². The van der Waals surface area contributed by atoms with Crippen LogP contribution in [0.4, 0.5) is 4.79 Å². The van der Waals surface area contributed by atoms with E-state index in [0.717, 1.165) is 18.0 Å². The first kappa shape index (κ1) is 25.9. The van der Waals surface area contributed by atoms with Gasteiger partial charge in [0, 0.05) is 5.92 Å². The van der Waals surface area contributed by atoms with Crippen molar-refractivity contribution < 1.29 is 58.8 Å². The molecular formula is C20H28O12S. The Morgan fingerprint density at radius 2 is 1.79 bits per heavy atom. The molecule has 1 fully saturated rings. The summed E-state index contributed by atoms with van der Waals surface area (Å²) < 4.78 is 26.9. The van der Waals surface area contributed by atoms with E-state index in [1.807, 2.05) is 0 Å². The molecule has 0 radical (unpaired) electrons. The second-order valence-corrected chi connectivity index (χ2v) is 8.40. The van der Waals surface area contributed by atoms with Crippen LogP contribution in [0.5, 0.6) is 0 Å². The molecule has 5 N–H and O–H groups in total. The maximum absolute atomic E-state index is 12.4. The summed E-state index contributed by atoms with van der Waals surface area (Å²) in [7, 11) is 0. The van der Waals surface area contributed by atoms with Gasteiger partial charge in [-0.15, -0.1) is 0 Å². The molecule has 1 aliphatic carbocycles. The highest BCUT2D eigenvalue weighted by Crippen LogP contribution is 2.45. The maximum atomic E-state index is 12.4. The first-order valence-electron chi connectivity index (χ1n) is 10.3. The predicted octanol–water partition coefficient (Wildman–Crippen LogP) is -1.36. The minimum absolute atomic E-state index is 0.0467. The van der Waals surface area contributed by atoms with Gasteiger partial charge < -0.3 is 49.2 Å². The quantitative estimate of drug-likeness (QED) is 0.208. The Hall–Kier alpha value is -1.71. The van der Waals surface area contributed by atoms with Crippen LogP contribution in [0.25, 0.3) is 0 Å². The monoisotopic (exact) mass is 492 g/mol. The molecule has 0 aromatic rings. The van der Waals surface area contributed by atoms with E-state index in [2.05, 4.69) is 0 Å². The van der Waals surface area contributed by atoms with E-state index in [4.69, 9.17) is 23.7 Å². The van der Waals surface area contributed by atoms with E-state index in [0.29, 0.717) is 5.57 Å². The first-order chi connectivity index (χ1) is 15.7. The number of rotatable bonds is 7. The van der Waals surface area contributed by atoms with Crippen molar-refractivity contribution in [1.29, 1.82) is 0 Å². The average Bonchev–Trinajstić information content (AvgIpc) is 3.14. The molecule has 0 saturated carbocycles. The molecule has 0 aromatic heterocycles. The van der Waals surface area contributed by atoms with Gasteiger partial charge in [-0.25, -0.2) is 9.59 Å². The lowest BCUT2D eigenvalue weighted by atomic mass is 9.82. The smallest absolute Gasteiger partial charge is 0.367 e. The molecule has 0 spiro atoms. The molecule has 13 heteroatoms. The summed E-state index contributed by atoms with van der Waals surface area (Å²) >= 11 is 0.856. The van der Waals surface area contributed by atoms with Crippen molar-refractivity contribution >= 4 is 23.0 Å². The third-order valence-electron chi connectivity index (χ3n) is 5.70. The lowest BCUT2D eigenvalue weighted by Crippen LogP contribution is -2.60. The SMILES string of the molecule is CCOC(=O)C1=CO[C@@H](O[C@@H]2O[C@H](CO)[C@@H](O)[C@H](O)[C@H]2O)[C@@H]2C(COC(=O)SC)=C[C@H](O)[C@H]12. The third kappa shape index (κ3) is 5.35. The summed E-state index contributed by atoms with van der Waals surface area (Å²) in [6.45, 7) is 0.858. The van der Waals surface area contributed by atoms with Crippen LogP contribution in [-0.4, -0.2) is 106 Å². The number of esters is 1. The second-order valence-electron chi connectivity index (χ2n) is 7.66. The van der Waals surface area contributed by atoms with E-state index < -0.39 is 72.8 Å². The van der Waals surface area contributed by atoms with Crippen molar-refractivity contribution in [3.63, 3.8) is 0 Å². The Kier molecular flexibility index (Phi) is 8.75. The summed E-state index contributed by atoms with van der Waals surface area (Å²) in [6.07, 6.45) is -6.00. The minimum Gasteiger partial charge on any atom is -0.471 e. The van der Waals surface area contributed by atoms with Gasteiger partial charge >= 0.3 is 11.3 Å². The summed E-state index contributed by atoms with van der Waals surface area (Å²) in [5, 5.41) is 49.8. The molecule has 12 nitrogen and oxygen atoms in total. The molecule has 0 aromatic carbocycles. The Bertz CT molecular complexity index is 783. The van der Waals surface area contributed by atoms with Crippen LogP contribution < -0.4 is 0 Å². The highest BCUT2D eigenvalue weighted by atomic mass is 32.2. The molecule has 0 bridgehead atoms. The van der Waals surface area contributed by atoms with Crippen LogP contribution in [0.15, 0.2) is 23.5 Å². The summed E-state index contributed by atoms with van der Waals surface area (Å²) in [6, 6.07) is 0. The van der Waals surface area contributed by atoms with Crippen LogP contribution in [-0.2, 0) is 28.5 Å². The molecule has 9 atom stereocenters. The number of thioether (sulfide) groups is 1. The van der Waals surface area contributed by atoms with E-state index >= 15 is 0 Å². The van der Waals surface area contributed by atoms with Crippen LogP contribution in [0, 0.1) is 11.8 Å². The van der Waals surface area contributed by atoms with Crippen LogP contribution in [0.2, 0.25) is 0 Å². The lowest BCUT2D eigenvalue weighted by molar-refractivity contribution is -0.340. The van der Waals surface area contributed by atoms with Gasteiger partial charge in [0.1, 0.15) is 31.0 Å². The Balaban J connectivity index is 1.86. The van der Waals surface area contributed by atoms with Gasteiger partial charge in [0.25, 0.3) is 0 Å². The van der Waals surface area contributed by atoms with Gasteiger partial charge in [-0.1, -0.05) is 6.08 Å². The molecule has 0 unspecified atom stereocenters. The summed E-state index contributed by atoms with van der Waals surface area (Å²) in [5.74, 6) is -2.41. The highest BCUT2D eigenvalue weighted by molar-refractivity contribution is 8.12. The third-order valence-corrected chi connectivity index (χ3v) is 6.15. The van der Waals surface area contributed by atoms with Crippen LogP contribution >= 0.6 is 11.8 Å². The zero-order valence-electron chi connectivity index (χ0n) is 18.0. The number of fused-ring (bicyclic) bond motifs is 1. The molecule has 1 saturated heterocycles. The number of ether oxygens (including phenoxy) is 5. The number of carbonyl (C=O) groups is 2. The fourth-order valence-corrected chi connectivity index (χ4v) is 4.25. The molecule has 2 heterocycles. The van der Waals surface area contributed by atoms with Crippen molar-refractivity contribution in [3.05, 3.63) is 23.5 Å². The second kappa shape index (κ2) is 11.1. The zero-order valence-corrected chi connectivity index (χ0v) is 18.8. The summed E-state index contributed by atoms with van der Waals surface area (Å²) in [4.78, 5) is 24.0. The van der Waals surface area contributed by atoms with Gasteiger partial charge in [0.05, 0.1) is 37.1 Å². The Morgan fingerprint density at radius 1 is 1.06 bits per heavy atom. The molecule has 3 aliphatic rings. The zero-order chi connectivity index (χ0) is 24.3.